The number of benzene rings is 3. The van der Waals surface area contributed by atoms with Crippen LogP contribution >= 0.6 is 0 Å². The van der Waals surface area contributed by atoms with Crippen LogP contribution in [0.1, 0.15) is 15.9 Å². The number of hydrogen-bond donors (Lipinski definition) is 1. The van der Waals surface area contributed by atoms with Crippen molar-refractivity contribution in [3.63, 3.8) is 0 Å². The highest BCUT2D eigenvalue weighted by molar-refractivity contribution is 6.11. The van der Waals surface area contributed by atoms with Crippen molar-refractivity contribution in [3.05, 3.63) is 102 Å². The molecule has 0 saturated carbocycles. The zero-order chi connectivity index (χ0) is 18.5. The Morgan fingerprint density at radius 1 is 0.852 bits per heavy atom. The van der Waals surface area contributed by atoms with Crippen LogP contribution in [0.3, 0.4) is 0 Å². The summed E-state index contributed by atoms with van der Waals surface area (Å²) in [6.07, 6.45) is 1.69. The van der Waals surface area contributed by atoms with Crippen LogP contribution in [-0.2, 0) is 6.61 Å². The van der Waals surface area contributed by atoms with E-state index < -0.39 is 0 Å². The number of ether oxygens (including phenoxy) is 1. The number of amides is 1. The van der Waals surface area contributed by atoms with Crippen molar-refractivity contribution in [3.8, 4) is 5.75 Å². The van der Waals surface area contributed by atoms with E-state index in [2.05, 4.69) is 10.3 Å². The first-order valence-electron chi connectivity index (χ1n) is 8.71. The standard InChI is InChI=1S/C23H18N2O2/c26-23(21-10-4-8-18-9-5-15-24-22(18)21)25-19-11-13-20(14-12-19)27-16-17-6-2-1-3-7-17/h1-15H,16H2,(H,25,26). The molecule has 0 radical (unpaired) electrons. The molecule has 0 aliphatic heterocycles. The molecule has 0 saturated heterocycles. The van der Waals surface area contributed by atoms with Gasteiger partial charge in [0.2, 0.25) is 0 Å². The Morgan fingerprint density at radius 2 is 1.63 bits per heavy atom. The zero-order valence-corrected chi connectivity index (χ0v) is 14.6. The maximum absolute atomic E-state index is 12.6. The molecule has 0 aliphatic rings. The van der Waals surface area contributed by atoms with E-state index in [0.717, 1.165) is 16.7 Å². The summed E-state index contributed by atoms with van der Waals surface area (Å²) in [5.41, 5.74) is 3.07. The van der Waals surface area contributed by atoms with Gasteiger partial charge in [-0.2, -0.15) is 0 Å². The number of para-hydroxylation sites is 1. The van der Waals surface area contributed by atoms with E-state index in [4.69, 9.17) is 4.74 Å². The van der Waals surface area contributed by atoms with Gasteiger partial charge in [-0.1, -0.05) is 48.5 Å². The van der Waals surface area contributed by atoms with Crippen LogP contribution in [0.2, 0.25) is 0 Å². The average Bonchev–Trinajstić information content (AvgIpc) is 2.73. The van der Waals surface area contributed by atoms with Crippen molar-refractivity contribution >= 4 is 22.5 Å². The predicted molar refractivity (Wildman–Crippen MR) is 107 cm³/mol. The van der Waals surface area contributed by atoms with Gasteiger partial charge in [0.05, 0.1) is 11.1 Å². The molecule has 0 spiro atoms. The first-order chi connectivity index (χ1) is 13.3. The first kappa shape index (κ1) is 16.8. The van der Waals surface area contributed by atoms with Gasteiger partial charge in [0.25, 0.3) is 5.91 Å². The quantitative estimate of drug-likeness (QED) is 0.545. The summed E-state index contributed by atoms with van der Waals surface area (Å²) in [6, 6.07) is 26.7. The van der Waals surface area contributed by atoms with Crippen LogP contribution in [0.25, 0.3) is 10.9 Å². The van der Waals surface area contributed by atoms with E-state index in [0.29, 0.717) is 23.4 Å². The minimum Gasteiger partial charge on any atom is -0.489 e. The molecule has 4 aromatic rings. The van der Waals surface area contributed by atoms with Crippen molar-refractivity contribution in [2.45, 2.75) is 6.61 Å². The van der Waals surface area contributed by atoms with E-state index >= 15 is 0 Å². The predicted octanol–water partition coefficient (Wildman–Crippen LogP) is 5.07. The van der Waals surface area contributed by atoms with Crippen LogP contribution in [0.5, 0.6) is 5.75 Å². The number of carbonyl (C=O) groups excluding carboxylic acids is 1. The fourth-order valence-electron chi connectivity index (χ4n) is 2.86. The molecule has 3 aromatic carbocycles. The average molecular weight is 354 g/mol. The van der Waals surface area contributed by atoms with Gasteiger partial charge < -0.3 is 10.1 Å². The topological polar surface area (TPSA) is 51.2 Å². The number of nitrogens with one attached hydrogen (secondary N) is 1. The smallest absolute Gasteiger partial charge is 0.257 e. The van der Waals surface area contributed by atoms with Crippen LogP contribution in [0, 0.1) is 0 Å². The highest BCUT2D eigenvalue weighted by atomic mass is 16.5. The third kappa shape index (κ3) is 3.96. The Labute approximate surface area is 157 Å². The lowest BCUT2D eigenvalue weighted by atomic mass is 10.1. The maximum atomic E-state index is 12.6. The molecule has 1 heterocycles. The van der Waals surface area contributed by atoms with E-state index in [9.17, 15) is 4.79 Å². The third-order valence-corrected chi connectivity index (χ3v) is 4.24. The Hall–Kier alpha value is -3.66. The Bertz CT molecular complexity index is 1060. The number of nitrogens with zero attached hydrogens (tertiary/aromatic N) is 1. The molecule has 0 bridgehead atoms. The summed E-state index contributed by atoms with van der Waals surface area (Å²) in [5.74, 6) is 0.570. The number of rotatable bonds is 5. The largest absolute Gasteiger partial charge is 0.489 e. The fourth-order valence-corrected chi connectivity index (χ4v) is 2.86. The summed E-state index contributed by atoms with van der Waals surface area (Å²) in [4.78, 5) is 17.0. The highest BCUT2D eigenvalue weighted by Gasteiger charge is 2.11. The normalized spacial score (nSPS) is 10.5. The van der Waals surface area contributed by atoms with Gasteiger partial charge in [-0.25, -0.2) is 0 Å². The van der Waals surface area contributed by atoms with Crippen molar-refractivity contribution < 1.29 is 9.53 Å². The maximum Gasteiger partial charge on any atom is 0.257 e. The molecule has 4 heteroatoms. The van der Waals surface area contributed by atoms with Crippen LogP contribution in [-0.4, -0.2) is 10.9 Å². The van der Waals surface area contributed by atoms with Crippen molar-refractivity contribution in [2.24, 2.45) is 0 Å². The van der Waals surface area contributed by atoms with Crippen LogP contribution in [0.4, 0.5) is 5.69 Å². The van der Waals surface area contributed by atoms with Gasteiger partial charge in [0, 0.05) is 17.3 Å². The number of aromatic nitrogens is 1. The SMILES string of the molecule is O=C(Nc1ccc(OCc2ccccc2)cc1)c1cccc2cccnc12. The molecule has 132 valence electrons. The van der Waals surface area contributed by atoms with E-state index in [-0.39, 0.29) is 5.91 Å². The molecule has 1 amide bonds. The Kier molecular flexibility index (Phi) is 4.79. The van der Waals surface area contributed by atoms with E-state index in [1.807, 2.05) is 78.9 Å². The molecular formula is C23H18N2O2. The van der Waals surface area contributed by atoms with E-state index in [1.54, 1.807) is 12.3 Å². The van der Waals surface area contributed by atoms with Gasteiger partial charge in [0.1, 0.15) is 12.4 Å². The summed E-state index contributed by atoms with van der Waals surface area (Å²) >= 11 is 0. The molecule has 0 aliphatic carbocycles. The van der Waals surface area contributed by atoms with Gasteiger partial charge in [0.15, 0.2) is 0 Å². The number of anilines is 1. The van der Waals surface area contributed by atoms with E-state index in [1.165, 1.54) is 0 Å². The third-order valence-electron chi connectivity index (χ3n) is 4.24. The number of hydrogen-bond acceptors (Lipinski definition) is 3. The summed E-state index contributed by atoms with van der Waals surface area (Å²) in [5, 5.41) is 3.86. The van der Waals surface area contributed by atoms with Gasteiger partial charge in [-0.15, -0.1) is 0 Å². The van der Waals surface area contributed by atoms with Crippen molar-refractivity contribution in [1.29, 1.82) is 0 Å². The molecule has 0 fully saturated rings. The molecular weight excluding hydrogens is 336 g/mol. The van der Waals surface area contributed by atoms with Crippen molar-refractivity contribution in [1.82, 2.24) is 4.98 Å². The first-order valence-corrected chi connectivity index (χ1v) is 8.71. The van der Waals surface area contributed by atoms with Crippen LogP contribution in [0.15, 0.2) is 91.1 Å². The molecule has 4 rings (SSSR count). The molecule has 4 nitrogen and oxygen atoms in total. The lowest BCUT2D eigenvalue weighted by Crippen LogP contribution is -2.12. The molecule has 1 aromatic heterocycles. The van der Waals surface area contributed by atoms with Gasteiger partial charge in [-0.05, 0) is 42.0 Å². The molecule has 0 unspecified atom stereocenters. The van der Waals surface area contributed by atoms with Gasteiger partial charge in [-0.3, -0.25) is 9.78 Å². The van der Waals surface area contributed by atoms with Crippen molar-refractivity contribution in [2.75, 3.05) is 5.32 Å². The monoisotopic (exact) mass is 354 g/mol. The minimum atomic E-state index is -0.183. The minimum absolute atomic E-state index is 0.183. The molecule has 0 atom stereocenters. The Balaban J connectivity index is 1.44. The number of fused-ring (bicyclic) bond motifs is 1. The second-order valence-corrected chi connectivity index (χ2v) is 6.13. The number of pyridine rings is 1. The summed E-state index contributed by atoms with van der Waals surface area (Å²) in [6.45, 7) is 0.508. The van der Waals surface area contributed by atoms with Gasteiger partial charge >= 0.3 is 0 Å². The number of carbonyl (C=O) groups is 1. The Morgan fingerprint density at radius 3 is 2.44 bits per heavy atom. The second-order valence-electron chi connectivity index (χ2n) is 6.13. The molecule has 27 heavy (non-hydrogen) atoms. The lowest BCUT2D eigenvalue weighted by molar-refractivity contribution is 0.102. The van der Waals surface area contributed by atoms with Crippen LogP contribution < -0.4 is 10.1 Å². The summed E-state index contributed by atoms with van der Waals surface area (Å²) < 4.78 is 5.77. The lowest BCUT2D eigenvalue weighted by Gasteiger charge is -2.09. The summed E-state index contributed by atoms with van der Waals surface area (Å²) in [7, 11) is 0. The fraction of sp³-hybridized carbons (Fsp3) is 0.0435. The second kappa shape index (κ2) is 7.70. The highest BCUT2D eigenvalue weighted by Crippen LogP contribution is 2.20. The zero-order valence-electron chi connectivity index (χ0n) is 14.6. The molecule has 1 N–H and O–H groups in total.